The minimum absolute atomic E-state index is 0.0180. The van der Waals surface area contributed by atoms with Crippen molar-refractivity contribution in [3.8, 4) is 0 Å². The zero-order valence-corrected chi connectivity index (χ0v) is 15.7. The summed E-state index contributed by atoms with van der Waals surface area (Å²) in [5, 5.41) is 7.33. The largest absolute Gasteiger partial charge is 0.354 e. The van der Waals surface area contributed by atoms with Crippen molar-refractivity contribution in [3.05, 3.63) is 64.1 Å². The van der Waals surface area contributed by atoms with E-state index in [-0.39, 0.29) is 41.5 Å². The SMILES string of the molecule is CC(C)NC(=O)CCn1c(=O)cc(C(F)F)c2cn(Cc3ccccc3)nc21. The summed E-state index contributed by atoms with van der Waals surface area (Å²) in [6.45, 7) is 4.13. The highest BCUT2D eigenvalue weighted by Gasteiger charge is 2.19. The molecule has 2 heterocycles. The van der Waals surface area contributed by atoms with Crippen LogP contribution < -0.4 is 10.9 Å². The number of carbonyl (C=O) groups is 1. The first kappa shape index (κ1) is 19.7. The van der Waals surface area contributed by atoms with Crippen molar-refractivity contribution in [2.75, 3.05) is 0 Å². The topological polar surface area (TPSA) is 68.9 Å². The molecule has 3 aromatic rings. The summed E-state index contributed by atoms with van der Waals surface area (Å²) in [7, 11) is 0. The first-order valence-corrected chi connectivity index (χ1v) is 9.07. The smallest absolute Gasteiger partial charge is 0.264 e. The van der Waals surface area contributed by atoms with Gasteiger partial charge in [0.25, 0.3) is 12.0 Å². The Morgan fingerprint density at radius 2 is 1.93 bits per heavy atom. The number of alkyl halides is 2. The van der Waals surface area contributed by atoms with Gasteiger partial charge in [0.05, 0.1) is 6.54 Å². The Bertz CT molecular complexity index is 1030. The van der Waals surface area contributed by atoms with Gasteiger partial charge in [-0.25, -0.2) is 8.78 Å². The molecule has 0 saturated carbocycles. The summed E-state index contributed by atoms with van der Waals surface area (Å²) in [5.41, 5.74) is 0.183. The number of aryl methyl sites for hydroxylation is 1. The van der Waals surface area contributed by atoms with Crippen LogP contribution in [0.5, 0.6) is 0 Å². The van der Waals surface area contributed by atoms with Crippen molar-refractivity contribution in [1.82, 2.24) is 19.7 Å². The van der Waals surface area contributed by atoms with Crippen molar-refractivity contribution in [1.29, 1.82) is 0 Å². The molecule has 8 heteroatoms. The average Bonchev–Trinajstić information content (AvgIpc) is 3.03. The van der Waals surface area contributed by atoms with Gasteiger partial charge < -0.3 is 5.32 Å². The Morgan fingerprint density at radius 3 is 2.57 bits per heavy atom. The number of fused-ring (bicyclic) bond motifs is 1. The van der Waals surface area contributed by atoms with Crippen LogP contribution in [0.15, 0.2) is 47.4 Å². The van der Waals surface area contributed by atoms with Crippen molar-refractivity contribution in [3.63, 3.8) is 0 Å². The van der Waals surface area contributed by atoms with Gasteiger partial charge >= 0.3 is 0 Å². The van der Waals surface area contributed by atoms with Gasteiger partial charge in [0.2, 0.25) is 5.91 Å². The Labute approximate surface area is 160 Å². The molecule has 28 heavy (non-hydrogen) atoms. The van der Waals surface area contributed by atoms with Gasteiger partial charge in [-0.05, 0) is 19.4 Å². The molecule has 3 rings (SSSR count). The van der Waals surface area contributed by atoms with Crippen LogP contribution in [0, 0.1) is 0 Å². The summed E-state index contributed by atoms with van der Waals surface area (Å²) in [6, 6.07) is 10.4. The third-order valence-corrected chi connectivity index (χ3v) is 4.29. The molecule has 0 unspecified atom stereocenters. The van der Waals surface area contributed by atoms with Gasteiger partial charge in [-0.1, -0.05) is 30.3 Å². The van der Waals surface area contributed by atoms with Crippen LogP contribution in [-0.2, 0) is 17.9 Å². The second-order valence-electron chi connectivity index (χ2n) is 6.91. The fourth-order valence-electron chi connectivity index (χ4n) is 3.06. The number of nitrogens with zero attached hydrogens (tertiary/aromatic N) is 3. The van der Waals surface area contributed by atoms with Crippen LogP contribution in [0.3, 0.4) is 0 Å². The zero-order chi connectivity index (χ0) is 20.3. The molecule has 1 N–H and O–H groups in total. The highest BCUT2D eigenvalue weighted by molar-refractivity contribution is 5.80. The number of nitrogens with one attached hydrogen (secondary N) is 1. The summed E-state index contributed by atoms with van der Waals surface area (Å²) < 4.78 is 29.7. The average molecular weight is 388 g/mol. The number of hydrogen-bond acceptors (Lipinski definition) is 3. The molecule has 0 atom stereocenters. The quantitative estimate of drug-likeness (QED) is 0.676. The number of rotatable bonds is 7. The Balaban J connectivity index is 1.98. The molecule has 0 spiro atoms. The summed E-state index contributed by atoms with van der Waals surface area (Å²) in [6.07, 6.45) is -1.20. The van der Waals surface area contributed by atoms with Crippen molar-refractivity contribution in [2.24, 2.45) is 0 Å². The van der Waals surface area contributed by atoms with E-state index in [1.807, 2.05) is 44.2 Å². The normalized spacial score (nSPS) is 11.5. The number of benzene rings is 1. The van der Waals surface area contributed by atoms with E-state index < -0.39 is 12.0 Å². The van der Waals surface area contributed by atoms with Gasteiger partial charge in [-0.3, -0.25) is 18.8 Å². The molecule has 0 fully saturated rings. The van der Waals surface area contributed by atoms with Crippen LogP contribution in [0.1, 0.15) is 37.8 Å². The molecular formula is C20H22F2N4O2. The molecule has 0 aliphatic rings. The monoisotopic (exact) mass is 388 g/mol. The van der Waals surface area contributed by atoms with E-state index in [9.17, 15) is 18.4 Å². The van der Waals surface area contributed by atoms with Crippen molar-refractivity contribution >= 4 is 16.9 Å². The number of aromatic nitrogens is 3. The van der Waals surface area contributed by atoms with E-state index in [2.05, 4.69) is 10.4 Å². The minimum atomic E-state index is -2.79. The van der Waals surface area contributed by atoms with Gasteiger partial charge in [0.1, 0.15) is 0 Å². The second-order valence-corrected chi connectivity index (χ2v) is 6.91. The molecule has 0 aliphatic carbocycles. The summed E-state index contributed by atoms with van der Waals surface area (Å²) >= 11 is 0. The molecule has 1 amide bonds. The van der Waals surface area contributed by atoms with E-state index in [0.717, 1.165) is 11.6 Å². The van der Waals surface area contributed by atoms with E-state index in [0.29, 0.717) is 6.54 Å². The first-order valence-electron chi connectivity index (χ1n) is 9.07. The highest BCUT2D eigenvalue weighted by atomic mass is 19.3. The lowest BCUT2D eigenvalue weighted by molar-refractivity contribution is -0.121. The third kappa shape index (κ3) is 4.44. The van der Waals surface area contributed by atoms with Gasteiger partial charge in [0.15, 0.2) is 5.65 Å². The molecule has 1 aromatic carbocycles. The van der Waals surface area contributed by atoms with Gasteiger partial charge in [-0.15, -0.1) is 0 Å². The maximum absolute atomic E-state index is 13.5. The molecule has 0 aliphatic heterocycles. The number of carbonyl (C=O) groups excluding carboxylic acids is 1. The third-order valence-electron chi connectivity index (χ3n) is 4.29. The van der Waals surface area contributed by atoms with Gasteiger partial charge in [0, 0.05) is 42.2 Å². The van der Waals surface area contributed by atoms with E-state index in [1.165, 1.54) is 15.4 Å². The second kappa shape index (κ2) is 8.33. The minimum Gasteiger partial charge on any atom is -0.354 e. The van der Waals surface area contributed by atoms with Gasteiger partial charge in [-0.2, -0.15) is 5.10 Å². The summed E-state index contributed by atoms with van der Waals surface area (Å²) in [5.74, 6) is -0.211. The fraction of sp³-hybridized carbons (Fsp3) is 0.350. The maximum atomic E-state index is 13.5. The lowest BCUT2D eigenvalue weighted by Crippen LogP contribution is -2.32. The Hall–Kier alpha value is -3.03. The molecule has 0 bridgehead atoms. The van der Waals surface area contributed by atoms with Crippen LogP contribution in [0.25, 0.3) is 11.0 Å². The molecule has 2 aromatic heterocycles. The molecule has 0 radical (unpaired) electrons. The van der Waals surface area contributed by atoms with Crippen LogP contribution in [0.4, 0.5) is 8.78 Å². The predicted molar refractivity (Wildman–Crippen MR) is 102 cm³/mol. The molecule has 6 nitrogen and oxygen atoms in total. The summed E-state index contributed by atoms with van der Waals surface area (Å²) in [4.78, 5) is 24.3. The highest BCUT2D eigenvalue weighted by Crippen LogP contribution is 2.26. The Morgan fingerprint density at radius 1 is 1.21 bits per heavy atom. The zero-order valence-electron chi connectivity index (χ0n) is 15.7. The van der Waals surface area contributed by atoms with E-state index >= 15 is 0 Å². The van der Waals surface area contributed by atoms with Crippen LogP contribution >= 0.6 is 0 Å². The fourth-order valence-corrected chi connectivity index (χ4v) is 3.06. The molecule has 0 saturated heterocycles. The predicted octanol–water partition coefficient (Wildman–Crippen LogP) is 3.10. The van der Waals surface area contributed by atoms with Crippen molar-refractivity contribution < 1.29 is 13.6 Å². The number of hydrogen-bond donors (Lipinski definition) is 1. The number of pyridine rings is 1. The maximum Gasteiger partial charge on any atom is 0.264 e. The number of amides is 1. The Kier molecular flexibility index (Phi) is 5.87. The van der Waals surface area contributed by atoms with E-state index in [1.54, 1.807) is 0 Å². The lowest BCUT2D eigenvalue weighted by Gasteiger charge is -2.11. The first-order chi connectivity index (χ1) is 13.3. The molecular weight excluding hydrogens is 366 g/mol. The molecule has 148 valence electrons. The standard InChI is InChI=1S/C20H22F2N4O2/c1-13(2)23-17(27)8-9-26-18(28)10-15(19(21)22)16-12-25(24-20(16)26)11-14-6-4-3-5-7-14/h3-7,10,12-13,19H,8-9,11H2,1-2H3,(H,23,27). The van der Waals surface area contributed by atoms with Crippen LogP contribution in [-0.4, -0.2) is 26.3 Å². The van der Waals surface area contributed by atoms with Crippen molar-refractivity contribution in [2.45, 2.75) is 45.8 Å². The number of halogens is 2. The van der Waals surface area contributed by atoms with E-state index in [4.69, 9.17) is 0 Å². The van der Waals surface area contributed by atoms with Crippen LogP contribution in [0.2, 0.25) is 0 Å². The lowest BCUT2D eigenvalue weighted by atomic mass is 10.2.